The summed E-state index contributed by atoms with van der Waals surface area (Å²) in [5.74, 6) is 0. The molecule has 0 aliphatic rings. The summed E-state index contributed by atoms with van der Waals surface area (Å²) in [5, 5.41) is 9.80. The van der Waals surface area contributed by atoms with Crippen molar-refractivity contribution in [2.24, 2.45) is 0 Å². The average Bonchev–Trinajstić information content (AvgIpc) is 2.15. The summed E-state index contributed by atoms with van der Waals surface area (Å²) >= 11 is 3.42. The highest BCUT2D eigenvalue weighted by Crippen LogP contribution is 2.13. The minimum absolute atomic E-state index is 0.248. The molecule has 0 fully saturated rings. The van der Waals surface area contributed by atoms with Crippen LogP contribution in [0.25, 0.3) is 0 Å². The highest BCUT2D eigenvalue weighted by atomic mass is 79.9. The summed E-state index contributed by atoms with van der Waals surface area (Å²) in [4.78, 5) is 2.09. The quantitative estimate of drug-likeness (QED) is 0.889. The topological polar surface area (TPSA) is 23.5 Å². The number of nitrogens with zero attached hydrogens (tertiary/aromatic N) is 1. The van der Waals surface area contributed by atoms with Crippen LogP contribution in [0.1, 0.15) is 12.0 Å². The number of aliphatic hydroxyl groups is 1. The van der Waals surface area contributed by atoms with Crippen LogP contribution in [0.5, 0.6) is 0 Å². The Morgan fingerprint density at radius 2 is 2.13 bits per heavy atom. The molecule has 0 aliphatic carbocycles. The molecule has 0 radical (unpaired) electrons. The molecule has 3 heteroatoms. The zero-order chi connectivity index (χ0) is 11.3. The number of halogens is 1. The third kappa shape index (κ3) is 5.30. The van der Waals surface area contributed by atoms with Gasteiger partial charge in [-0.1, -0.05) is 28.1 Å². The fourth-order valence-electron chi connectivity index (χ4n) is 1.45. The smallest absolute Gasteiger partial charge is 0.0592 e. The van der Waals surface area contributed by atoms with Gasteiger partial charge in [0.15, 0.2) is 0 Å². The summed E-state index contributed by atoms with van der Waals surface area (Å²) < 4.78 is 1.07. The van der Waals surface area contributed by atoms with E-state index < -0.39 is 0 Å². The Hall–Kier alpha value is -0.380. The molecule has 1 unspecified atom stereocenters. The molecule has 0 amide bonds. The van der Waals surface area contributed by atoms with E-state index in [1.165, 1.54) is 5.56 Å². The predicted octanol–water partition coefficient (Wildman–Crippen LogP) is 2.30. The Kier molecular flexibility index (Phi) is 5.29. The van der Waals surface area contributed by atoms with Crippen LogP contribution in [0.4, 0.5) is 0 Å². The van der Waals surface area contributed by atoms with Gasteiger partial charge >= 0.3 is 0 Å². The molecule has 1 aromatic carbocycles. The van der Waals surface area contributed by atoms with E-state index in [-0.39, 0.29) is 6.10 Å². The zero-order valence-corrected chi connectivity index (χ0v) is 10.9. The van der Waals surface area contributed by atoms with Gasteiger partial charge in [0.1, 0.15) is 0 Å². The van der Waals surface area contributed by atoms with E-state index in [1.807, 2.05) is 32.3 Å². The Bertz CT molecular complexity index is 301. The highest BCUT2D eigenvalue weighted by molar-refractivity contribution is 9.10. The Balaban J connectivity index is 2.40. The highest BCUT2D eigenvalue weighted by Gasteiger charge is 2.06. The largest absolute Gasteiger partial charge is 0.393 e. The summed E-state index contributed by atoms with van der Waals surface area (Å²) in [6.07, 6.45) is 1.30. The SMILES string of the molecule is CN(C)CCC(O)Cc1cccc(Br)c1. The number of hydrogen-bond donors (Lipinski definition) is 1. The third-order valence-corrected chi connectivity index (χ3v) is 2.76. The van der Waals surface area contributed by atoms with E-state index in [4.69, 9.17) is 0 Å². The molecule has 1 N–H and O–H groups in total. The Morgan fingerprint density at radius 1 is 1.40 bits per heavy atom. The lowest BCUT2D eigenvalue weighted by Crippen LogP contribution is -2.20. The number of hydrogen-bond acceptors (Lipinski definition) is 2. The van der Waals surface area contributed by atoms with Crippen molar-refractivity contribution in [1.29, 1.82) is 0 Å². The molecule has 0 aliphatic heterocycles. The molecule has 1 atom stereocenters. The molecule has 2 nitrogen and oxygen atoms in total. The fourth-order valence-corrected chi connectivity index (χ4v) is 1.89. The van der Waals surface area contributed by atoms with Crippen molar-refractivity contribution >= 4 is 15.9 Å². The van der Waals surface area contributed by atoms with Crippen molar-refractivity contribution in [2.75, 3.05) is 20.6 Å². The van der Waals surface area contributed by atoms with E-state index in [2.05, 4.69) is 26.9 Å². The first-order chi connectivity index (χ1) is 7.08. The van der Waals surface area contributed by atoms with E-state index in [9.17, 15) is 5.11 Å². The van der Waals surface area contributed by atoms with Gasteiger partial charge in [-0.05, 0) is 51.2 Å². The summed E-state index contributed by atoms with van der Waals surface area (Å²) in [5.41, 5.74) is 1.18. The van der Waals surface area contributed by atoms with E-state index in [1.54, 1.807) is 0 Å². The molecule has 84 valence electrons. The maximum Gasteiger partial charge on any atom is 0.0592 e. The third-order valence-electron chi connectivity index (χ3n) is 2.27. The molecule has 15 heavy (non-hydrogen) atoms. The predicted molar refractivity (Wildman–Crippen MR) is 67.0 cm³/mol. The molecule has 1 rings (SSSR count). The number of benzene rings is 1. The van der Waals surface area contributed by atoms with Crippen molar-refractivity contribution in [3.8, 4) is 0 Å². The Labute approximate surface area is 100 Å². The molecule has 0 spiro atoms. The number of aliphatic hydroxyl groups excluding tert-OH is 1. The lowest BCUT2D eigenvalue weighted by atomic mass is 10.1. The summed E-state index contributed by atoms with van der Waals surface area (Å²) in [7, 11) is 4.04. The van der Waals surface area contributed by atoms with Crippen LogP contribution in [-0.2, 0) is 6.42 Å². The monoisotopic (exact) mass is 271 g/mol. The maximum absolute atomic E-state index is 9.80. The van der Waals surface area contributed by atoms with Crippen LogP contribution in [0, 0.1) is 0 Å². The minimum Gasteiger partial charge on any atom is -0.393 e. The summed E-state index contributed by atoms with van der Waals surface area (Å²) in [6, 6.07) is 8.09. The van der Waals surface area contributed by atoms with Crippen LogP contribution in [0.15, 0.2) is 28.7 Å². The van der Waals surface area contributed by atoms with Crippen LogP contribution < -0.4 is 0 Å². The van der Waals surface area contributed by atoms with Crippen LogP contribution in [-0.4, -0.2) is 36.8 Å². The van der Waals surface area contributed by atoms with Gasteiger partial charge in [0.2, 0.25) is 0 Å². The molecule has 0 saturated carbocycles. The lowest BCUT2D eigenvalue weighted by molar-refractivity contribution is 0.152. The molecular formula is C12H18BrNO. The molecule has 0 aromatic heterocycles. The van der Waals surface area contributed by atoms with E-state index in [0.717, 1.165) is 23.9 Å². The minimum atomic E-state index is -0.248. The van der Waals surface area contributed by atoms with Crippen LogP contribution in [0.2, 0.25) is 0 Å². The van der Waals surface area contributed by atoms with Gasteiger partial charge < -0.3 is 10.0 Å². The van der Waals surface area contributed by atoms with Gasteiger partial charge in [0.25, 0.3) is 0 Å². The van der Waals surface area contributed by atoms with E-state index in [0.29, 0.717) is 0 Å². The van der Waals surface area contributed by atoms with Gasteiger partial charge in [-0.3, -0.25) is 0 Å². The van der Waals surface area contributed by atoms with Gasteiger partial charge in [0, 0.05) is 4.47 Å². The second-order valence-electron chi connectivity index (χ2n) is 4.08. The molecule has 0 bridgehead atoms. The lowest BCUT2D eigenvalue weighted by Gasteiger charge is -2.14. The second-order valence-corrected chi connectivity index (χ2v) is 5.00. The molecular weight excluding hydrogens is 254 g/mol. The standard InChI is InChI=1S/C12H18BrNO/c1-14(2)7-6-12(15)9-10-4-3-5-11(13)8-10/h3-5,8,12,15H,6-7,9H2,1-2H3. The molecule has 1 aromatic rings. The van der Waals surface area contributed by atoms with Crippen molar-refractivity contribution in [3.63, 3.8) is 0 Å². The first-order valence-corrected chi connectivity index (χ1v) is 5.94. The van der Waals surface area contributed by atoms with Gasteiger partial charge in [-0.2, -0.15) is 0 Å². The van der Waals surface area contributed by atoms with Crippen molar-refractivity contribution in [3.05, 3.63) is 34.3 Å². The fraction of sp³-hybridized carbons (Fsp3) is 0.500. The van der Waals surface area contributed by atoms with Crippen LogP contribution in [0.3, 0.4) is 0 Å². The van der Waals surface area contributed by atoms with Crippen molar-refractivity contribution < 1.29 is 5.11 Å². The normalized spacial score (nSPS) is 13.1. The zero-order valence-electron chi connectivity index (χ0n) is 9.28. The van der Waals surface area contributed by atoms with Gasteiger partial charge in [-0.15, -0.1) is 0 Å². The summed E-state index contributed by atoms with van der Waals surface area (Å²) in [6.45, 7) is 0.926. The molecule has 0 heterocycles. The first kappa shape index (κ1) is 12.7. The maximum atomic E-state index is 9.80. The van der Waals surface area contributed by atoms with Crippen molar-refractivity contribution in [1.82, 2.24) is 4.90 Å². The van der Waals surface area contributed by atoms with Crippen molar-refractivity contribution in [2.45, 2.75) is 18.9 Å². The Morgan fingerprint density at radius 3 is 2.73 bits per heavy atom. The molecule has 0 saturated heterocycles. The van der Waals surface area contributed by atoms with Gasteiger partial charge in [-0.25, -0.2) is 0 Å². The second kappa shape index (κ2) is 6.26. The average molecular weight is 272 g/mol. The van der Waals surface area contributed by atoms with Crippen LogP contribution >= 0.6 is 15.9 Å². The number of rotatable bonds is 5. The van der Waals surface area contributed by atoms with Gasteiger partial charge in [0.05, 0.1) is 6.10 Å². The van der Waals surface area contributed by atoms with E-state index >= 15 is 0 Å². The first-order valence-electron chi connectivity index (χ1n) is 5.15.